The van der Waals surface area contributed by atoms with Gasteiger partial charge < -0.3 is 9.47 Å². The van der Waals surface area contributed by atoms with Crippen molar-refractivity contribution in [2.75, 3.05) is 23.7 Å². The van der Waals surface area contributed by atoms with Crippen LogP contribution in [0.5, 0.6) is 11.5 Å². The fraction of sp³-hybridized carbons (Fsp3) is 0.480. The van der Waals surface area contributed by atoms with Gasteiger partial charge in [-0.05, 0) is 64.3 Å². The summed E-state index contributed by atoms with van der Waals surface area (Å²) in [7, 11) is -1.57. The van der Waals surface area contributed by atoms with Crippen molar-refractivity contribution in [3.8, 4) is 11.5 Å². The summed E-state index contributed by atoms with van der Waals surface area (Å²) >= 11 is 0. The number of sulfonamides is 1. The number of ether oxygens (including phenoxy) is 2. The molecule has 0 atom stereocenters. The van der Waals surface area contributed by atoms with Gasteiger partial charge in [-0.25, -0.2) is 8.42 Å². The van der Waals surface area contributed by atoms with Crippen LogP contribution in [-0.2, 0) is 22.9 Å². The minimum atomic E-state index is -3.25. The van der Waals surface area contributed by atoms with Crippen LogP contribution in [-0.4, -0.2) is 44.7 Å². The first-order valence-corrected chi connectivity index (χ1v) is 12.7. The molecule has 3 aliphatic heterocycles. The lowest BCUT2D eigenvalue weighted by Gasteiger charge is -2.31. The Morgan fingerprint density at radius 1 is 1.12 bits per heavy atom. The van der Waals surface area contributed by atoms with Crippen molar-refractivity contribution in [2.45, 2.75) is 58.1 Å². The van der Waals surface area contributed by atoms with Crippen LogP contribution >= 0.6 is 0 Å². The smallest absolute Gasteiger partial charge is 0.235 e. The maximum absolute atomic E-state index is 12.5. The van der Waals surface area contributed by atoms with Crippen LogP contribution in [0.3, 0.4) is 0 Å². The van der Waals surface area contributed by atoms with Crippen LogP contribution in [0, 0.1) is 0 Å². The predicted molar refractivity (Wildman–Crippen MR) is 127 cm³/mol. The molecule has 32 heavy (non-hydrogen) atoms. The van der Waals surface area contributed by atoms with E-state index < -0.39 is 10.0 Å². The van der Waals surface area contributed by atoms with Crippen LogP contribution in [0.25, 0.3) is 0 Å². The number of nitrogens with zero attached hydrogens (tertiary/aromatic N) is 2. The minimum Gasteiger partial charge on any atom is -0.493 e. The number of fused-ring (bicyclic) bond motifs is 3. The second-order valence-electron chi connectivity index (χ2n) is 10.2. The summed E-state index contributed by atoms with van der Waals surface area (Å²) in [5.41, 5.74) is 5.33. The molecule has 170 valence electrons. The highest BCUT2D eigenvalue weighted by Gasteiger charge is 2.40. The summed E-state index contributed by atoms with van der Waals surface area (Å²) in [4.78, 5) is 5.16. The predicted octanol–water partition coefficient (Wildman–Crippen LogP) is 4.12. The van der Waals surface area contributed by atoms with E-state index in [2.05, 4.69) is 33.8 Å². The Balaban J connectivity index is 1.70. The molecule has 0 N–H and O–H groups in total. The summed E-state index contributed by atoms with van der Waals surface area (Å²) in [6, 6.07) is 9.86. The molecule has 3 aliphatic rings. The number of hydrogen-bond donors (Lipinski definition) is 0. The van der Waals surface area contributed by atoms with Crippen LogP contribution < -0.4 is 13.8 Å². The molecule has 3 heterocycles. The molecule has 6 nitrogen and oxygen atoms in total. The third-order valence-corrected chi connectivity index (χ3v) is 8.28. The number of hydrogen-bond acceptors (Lipinski definition) is 5. The van der Waals surface area contributed by atoms with Crippen molar-refractivity contribution >= 4 is 21.4 Å². The second kappa shape index (κ2) is 6.98. The number of aliphatic imine (C=N–C) groups is 1. The molecule has 0 aromatic heterocycles. The van der Waals surface area contributed by atoms with Gasteiger partial charge in [-0.15, -0.1) is 0 Å². The molecule has 7 heteroatoms. The molecule has 2 aromatic rings. The molecule has 2 aromatic carbocycles. The van der Waals surface area contributed by atoms with Gasteiger partial charge in [0.2, 0.25) is 10.0 Å². The lowest BCUT2D eigenvalue weighted by atomic mass is 9.81. The Bertz CT molecular complexity index is 1240. The third-order valence-electron chi connectivity index (χ3n) is 6.41. The summed E-state index contributed by atoms with van der Waals surface area (Å²) in [5, 5.41) is 0. The fourth-order valence-electron chi connectivity index (χ4n) is 5.17. The van der Waals surface area contributed by atoms with Crippen molar-refractivity contribution in [2.24, 2.45) is 4.99 Å². The van der Waals surface area contributed by atoms with Gasteiger partial charge in [0.15, 0.2) is 11.5 Å². The molecule has 0 saturated carbocycles. The van der Waals surface area contributed by atoms with Crippen LogP contribution in [0.1, 0.15) is 56.4 Å². The van der Waals surface area contributed by atoms with Gasteiger partial charge in [0.25, 0.3) is 0 Å². The molecule has 0 bridgehead atoms. The first kappa shape index (κ1) is 21.3. The molecule has 0 radical (unpaired) electrons. The van der Waals surface area contributed by atoms with E-state index in [-0.39, 0.29) is 16.9 Å². The van der Waals surface area contributed by atoms with E-state index in [1.807, 2.05) is 24.3 Å². The topological polar surface area (TPSA) is 68.2 Å². The maximum atomic E-state index is 12.5. The fourth-order valence-corrected chi connectivity index (χ4v) is 6.72. The highest BCUT2D eigenvalue weighted by molar-refractivity contribution is 7.93. The summed E-state index contributed by atoms with van der Waals surface area (Å²) in [5.74, 6) is 1.76. The zero-order valence-corrected chi connectivity index (χ0v) is 20.2. The molecule has 5 rings (SSSR count). The van der Waals surface area contributed by atoms with E-state index in [1.54, 1.807) is 7.11 Å². The Morgan fingerprint density at radius 3 is 2.59 bits per heavy atom. The molecule has 1 fully saturated rings. The SMILES string of the molecule is COc1cc2c(c3c1OC(C)(C)C3)C(c1cccc(N3CCCS3(=O)=O)c1)=NC(C)(C)C2. The van der Waals surface area contributed by atoms with Gasteiger partial charge in [-0.3, -0.25) is 9.30 Å². The summed E-state index contributed by atoms with van der Waals surface area (Å²) in [6.45, 7) is 8.95. The largest absolute Gasteiger partial charge is 0.493 e. The van der Waals surface area contributed by atoms with E-state index in [4.69, 9.17) is 14.5 Å². The van der Waals surface area contributed by atoms with Gasteiger partial charge in [-0.2, -0.15) is 0 Å². The normalized spacial score (nSPS) is 22.0. The van der Waals surface area contributed by atoms with Crippen LogP contribution in [0.2, 0.25) is 0 Å². The Morgan fingerprint density at radius 2 is 1.91 bits per heavy atom. The van der Waals surface area contributed by atoms with Crippen molar-refractivity contribution < 1.29 is 17.9 Å². The average molecular weight is 455 g/mol. The van der Waals surface area contributed by atoms with E-state index >= 15 is 0 Å². The van der Waals surface area contributed by atoms with Gasteiger partial charge in [0.1, 0.15) is 5.60 Å². The second-order valence-corrected chi connectivity index (χ2v) is 12.2. The van der Waals surface area contributed by atoms with Crippen molar-refractivity contribution in [3.05, 3.63) is 52.6 Å². The summed E-state index contributed by atoms with van der Waals surface area (Å²) in [6.07, 6.45) is 2.22. The molecule has 0 amide bonds. The highest BCUT2D eigenvalue weighted by atomic mass is 32.2. The first-order chi connectivity index (χ1) is 15.0. The Kier molecular flexibility index (Phi) is 4.65. The number of anilines is 1. The van der Waals surface area contributed by atoms with E-state index in [9.17, 15) is 8.42 Å². The van der Waals surface area contributed by atoms with Crippen LogP contribution in [0.4, 0.5) is 5.69 Å². The monoisotopic (exact) mass is 454 g/mol. The zero-order valence-electron chi connectivity index (χ0n) is 19.4. The van der Waals surface area contributed by atoms with E-state index in [0.29, 0.717) is 18.7 Å². The van der Waals surface area contributed by atoms with Crippen molar-refractivity contribution in [1.82, 2.24) is 0 Å². The average Bonchev–Trinajstić information content (AvgIpc) is 3.23. The molecule has 0 aliphatic carbocycles. The van der Waals surface area contributed by atoms with E-state index in [1.165, 1.54) is 9.87 Å². The van der Waals surface area contributed by atoms with Gasteiger partial charge in [0, 0.05) is 29.7 Å². The first-order valence-electron chi connectivity index (χ1n) is 11.1. The number of benzene rings is 2. The van der Waals surface area contributed by atoms with Gasteiger partial charge in [0.05, 0.1) is 29.8 Å². The van der Waals surface area contributed by atoms with Crippen molar-refractivity contribution in [1.29, 1.82) is 0 Å². The molecule has 0 unspecified atom stereocenters. The molecular formula is C25H30N2O4S. The standard InChI is InChI=1S/C25H30N2O4S/c1-24(2)14-17-13-20(30-5)23-19(15-25(3,4)31-23)21(17)22(26-24)16-8-6-9-18(12-16)27-10-7-11-32(27,28)29/h6,8-9,12-13H,7,10-11,14-15H2,1-5H3. The lowest BCUT2D eigenvalue weighted by molar-refractivity contribution is 0.134. The lowest BCUT2D eigenvalue weighted by Crippen LogP contribution is -2.31. The maximum Gasteiger partial charge on any atom is 0.235 e. The molecule has 0 spiro atoms. The number of rotatable bonds is 3. The third kappa shape index (κ3) is 3.47. The highest BCUT2D eigenvalue weighted by Crippen LogP contribution is 2.48. The van der Waals surface area contributed by atoms with Gasteiger partial charge in [-0.1, -0.05) is 12.1 Å². The molecule has 1 saturated heterocycles. The minimum absolute atomic E-state index is 0.202. The Hall–Kier alpha value is -2.54. The Labute approximate surface area is 190 Å². The summed E-state index contributed by atoms with van der Waals surface area (Å²) < 4.78 is 38.5. The van der Waals surface area contributed by atoms with Crippen LogP contribution in [0.15, 0.2) is 35.3 Å². The zero-order chi connectivity index (χ0) is 22.9. The van der Waals surface area contributed by atoms with Crippen molar-refractivity contribution in [3.63, 3.8) is 0 Å². The molecular weight excluding hydrogens is 424 g/mol. The quantitative estimate of drug-likeness (QED) is 0.700. The van der Waals surface area contributed by atoms with E-state index in [0.717, 1.165) is 46.7 Å². The number of methoxy groups -OCH3 is 1. The van der Waals surface area contributed by atoms with Gasteiger partial charge >= 0.3 is 0 Å².